The molecular weight excluding hydrogens is 202 g/mol. The summed E-state index contributed by atoms with van der Waals surface area (Å²) in [5.41, 5.74) is 0. The fourth-order valence-corrected chi connectivity index (χ4v) is 2.00. The molecule has 92 valence electrons. The van der Waals surface area contributed by atoms with E-state index in [0.29, 0.717) is 24.3 Å². The predicted octanol–water partition coefficient (Wildman–Crippen LogP) is 2.87. The van der Waals surface area contributed by atoms with E-state index in [1.165, 1.54) is 12.8 Å². The molecule has 0 amide bonds. The molecule has 0 bridgehead atoms. The summed E-state index contributed by atoms with van der Waals surface area (Å²) in [6.07, 6.45) is 4.12. The fourth-order valence-electron chi connectivity index (χ4n) is 2.00. The van der Waals surface area contributed by atoms with Crippen LogP contribution in [0, 0.1) is 0 Å². The quantitative estimate of drug-likeness (QED) is 0.750. The summed E-state index contributed by atoms with van der Waals surface area (Å²) in [6, 6.07) is 4.41. The Hall–Kier alpha value is -0.800. The first-order valence-corrected chi connectivity index (χ1v) is 6.11. The van der Waals surface area contributed by atoms with E-state index in [0.717, 1.165) is 0 Å². The highest BCUT2D eigenvalue weighted by atomic mass is 16.4. The zero-order chi connectivity index (χ0) is 12.0. The second-order valence-corrected chi connectivity index (χ2v) is 4.52. The lowest BCUT2D eigenvalue weighted by molar-refractivity contribution is 0.127. The molecule has 3 nitrogen and oxygen atoms in total. The summed E-state index contributed by atoms with van der Waals surface area (Å²) in [5.74, 6) is 0.650. The molecule has 0 saturated heterocycles. The van der Waals surface area contributed by atoms with E-state index in [2.05, 4.69) is 26.1 Å². The van der Waals surface area contributed by atoms with Crippen molar-refractivity contribution in [3.05, 3.63) is 24.2 Å². The molecule has 1 heterocycles. The van der Waals surface area contributed by atoms with E-state index in [-0.39, 0.29) is 0 Å². The van der Waals surface area contributed by atoms with Gasteiger partial charge in [-0.1, -0.05) is 13.3 Å². The Morgan fingerprint density at radius 2 is 2.12 bits per heavy atom. The lowest BCUT2D eigenvalue weighted by atomic mass is 10.1. The molecule has 3 atom stereocenters. The summed E-state index contributed by atoms with van der Waals surface area (Å²) in [6.45, 7) is 6.46. The minimum Gasteiger partial charge on any atom is -0.467 e. The van der Waals surface area contributed by atoms with Crippen molar-refractivity contribution in [2.24, 2.45) is 0 Å². The Kier molecular flexibility index (Phi) is 5.56. The van der Waals surface area contributed by atoms with Crippen molar-refractivity contribution < 1.29 is 9.52 Å². The summed E-state index contributed by atoms with van der Waals surface area (Å²) in [4.78, 5) is 0. The lowest BCUT2D eigenvalue weighted by Crippen LogP contribution is -2.35. The molecular formula is C13H23NO2. The highest BCUT2D eigenvalue weighted by Crippen LogP contribution is 2.18. The number of nitrogens with one attached hydrogen (secondary N) is 1. The maximum Gasteiger partial charge on any atom is 0.132 e. The van der Waals surface area contributed by atoms with E-state index in [1.807, 2.05) is 6.07 Å². The molecule has 1 aromatic rings. The van der Waals surface area contributed by atoms with Crippen LogP contribution in [0.4, 0.5) is 0 Å². The van der Waals surface area contributed by atoms with Gasteiger partial charge in [0.25, 0.3) is 0 Å². The number of aliphatic hydroxyl groups is 1. The van der Waals surface area contributed by atoms with Crippen LogP contribution in [-0.2, 0) is 0 Å². The molecule has 1 rings (SSSR count). The number of hydrogen-bond acceptors (Lipinski definition) is 3. The molecule has 0 radical (unpaired) electrons. The van der Waals surface area contributed by atoms with Crippen molar-refractivity contribution in [1.29, 1.82) is 0 Å². The van der Waals surface area contributed by atoms with Crippen LogP contribution in [0.5, 0.6) is 0 Å². The van der Waals surface area contributed by atoms with Crippen molar-refractivity contribution >= 4 is 0 Å². The average Bonchev–Trinajstić information content (AvgIpc) is 2.69. The summed E-state index contributed by atoms with van der Waals surface area (Å²) >= 11 is 0. The van der Waals surface area contributed by atoms with Gasteiger partial charge in [0, 0.05) is 12.1 Å². The van der Waals surface area contributed by atoms with E-state index >= 15 is 0 Å². The van der Waals surface area contributed by atoms with Gasteiger partial charge in [-0.2, -0.15) is 0 Å². The van der Waals surface area contributed by atoms with Crippen LogP contribution in [0.1, 0.15) is 51.9 Å². The largest absolute Gasteiger partial charge is 0.467 e. The maximum absolute atomic E-state index is 9.89. The topological polar surface area (TPSA) is 45.4 Å². The van der Waals surface area contributed by atoms with E-state index in [9.17, 15) is 5.11 Å². The van der Waals surface area contributed by atoms with E-state index in [1.54, 1.807) is 12.3 Å². The van der Waals surface area contributed by atoms with Gasteiger partial charge in [-0.15, -0.1) is 0 Å². The van der Waals surface area contributed by atoms with Gasteiger partial charge in [-0.25, -0.2) is 0 Å². The Labute approximate surface area is 97.9 Å². The van der Waals surface area contributed by atoms with E-state index in [4.69, 9.17) is 4.42 Å². The third-order valence-electron chi connectivity index (χ3n) is 2.74. The minimum atomic E-state index is -0.508. The van der Waals surface area contributed by atoms with Gasteiger partial charge in [-0.3, -0.25) is 0 Å². The van der Waals surface area contributed by atoms with Crippen LogP contribution in [0.3, 0.4) is 0 Å². The SMILES string of the molecule is CCCC(C)NC(C)CC(O)c1ccco1. The Bertz CT molecular complexity index is 271. The molecule has 0 saturated carbocycles. The molecule has 0 aliphatic carbocycles. The highest BCUT2D eigenvalue weighted by molar-refractivity contribution is 5.02. The molecule has 16 heavy (non-hydrogen) atoms. The molecule has 3 unspecified atom stereocenters. The Morgan fingerprint density at radius 1 is 1.38 bits per heavy atom. The third-order valence-corrected chi connectivity index (χ3v) is 2.74. The van der Waals surface area contributed by atoms with Crippen LogP contribution in [0.25, 0.3) is 0 Å². The first-order chi connectivity index (χ1) is 7.63. The number of hydrogen-bond donors (Lipinski definition) is 2. The highest BCUT2D eigenvalue weighted by Gasteiger charge is 2.15. The molecule has 2 N–H and O–H groups in total. The van der Waals surface area contributed by atoms with Crippen molar-refractivity contribution in [3.63, 3.8) is 0 Å². The van der Waals surface area contributed by atoms with Crippen LogP contribution in [0.2, 0.25) is 0 Å². The van der Waals surface area contributed by atoms with Gasteiger partial charge < -0.3 is 14.8 Å². The normalized spacial score (nSPS) is 17.0. The summed E-state index contributed by atoms with van der Waals surface area (Å²) < 4.78 is 5.17. The monoisotopic (exact) mass is 225 g/mol. The third kappa shape index (κ3) is 4.37. The molecule has 0 aliphatic heterocycles. The molecule has 0 aliphatic rings. The zero-order valence-electron chi connectivity index (χ0n) is 10.4. The van der Waals surface area contributed by atoms with Gasteiger partial charge in [0.2, 0.25) is 0 Å². The predicted molar refractivity (Wildman–Crippen MR) is 65.3 cm³/mol. The van der Waals surface area contributed by atoms with Gasteiger partial charge in [0.15, 0.2) is 0 Å². The fraction of sp³-hybridized carbons (Fsp3) is 0.692. The number of aliphatic hydroxyl groups excluding tert-OH is 1. The van der Waals surface area contributed by atoms with Crippen molar-refractivity contribution in [2.45, 2.75) is 58.2 Å². The molecule has 0 fully saturated rings. The first kappa shape index (κ1) is 13.3. The summed E-state index contributed by atoms with van der Waals surface area (Å²) in [7, 11) is 0. The average molecular weight is 225 g/mol. The van der Waals surface area contributed by atoms with Gasteiger partial charge >= 0.3 is 0 Å². The standard InChI is InChI=1S/C13H23NO2/c1-4-6-10(2)14-11(3)9-12(15)13-7-5-8-16-13/h5,7-8,10-12,14-15H,4,6,9H2,1-3H3. The molecule has 0 spiro atoms. The van der Waals surface area contributed by atoms with Gasteiger partial charge in [0.05, 0.1) is 6.26 Å². The second kappa shape index (κ2) is 6.71. The van der Waals surface area contributed by atoms with Crippen LogP contribution in [0.15, 0.2) is 22.8 Å². The Balaban J connectivity index is 2.31. The molecule has 1 aromatic heterocycles. The number of furan rings is 1. The van der Waals surface area contributed by atoms with Crippen molar-refractivity contribution in [2.75, 3.05) is 0 Å². The summed E-state index contributed by atoms with van der Waals surface area (Å²) in [5, 5.41) is 13.4. The Morgan fingerprint density at radius 3 is 2.69 bits per heavy atom. The minimum absolute atomic E-state index is 0.293. The smallest absolute Gasteiger partial charge is 0.132 e. The second-order valence-electron chi connectivity index (χ2n) is 4.52. The first-order valence-electron chi connectivity index (χ1n) is 6.11. The van der Waals surface area contributed by atoms with Crippen LogP contribution in [-0.4, -0.2) is 17.2 Å². The zero-order valence-corrected chi connectivity index (χ0v) is 10.4. The van der Waals surface area contributed by atoms with Crippen molar-refractivity contribution in [1.82, 2.24) is 5.32 Å². The lowest BCUT2D eigenvalue weighted by Gasteiger charge is -2.21. The molecule has 0 aromatic carbocycles. The van der Waals surface area contributed by atoms with E-state index < -0.39 is 6.10 Å². The van der Waals surface area contributed by atoms with Gasteiger partial charge in [0.1, 0.15) is 11.9 Å². The molecule has 3 heteroatoms. The van der Waals surface area contributed by atoms with Crippen LogP contribution >= 0.6 is 0 Å². The van der Waals surface area contributed by atoms with Gasteiger partial charge in [-0.05, 0) is 38.8 Å². The maximum atomic E-state index is 9.89. The van der Waals surface area contributed by atoms with Crippen LogP contribution < -0.4 is 5.32 Å². The van der Waals surface area contributed by atoms with Crippen molar-refractivity contribution in [3.8, 4) is 0 Å². The number of rotatable bonds is 7.